The van der Waals surface area contributed by atoms with Crippen molar-refractivity contribution in [1.82, 2.24) is 0 Å². The van der Waals surface area contributed by atoms with E-state index in [-0.39, 0.29) is 25.7 Å². The number of nitrogens with two attached hydrogens (primary N) is 1. The predicted molar refractivity (Wildman–Crippen MR) is 236 cm³/mol. The second-order valence-corrected chi connectivity index (χ2v) is 15.0. The normalized spacial score (nSPS) is 15.3. The third-order valence-electron chi connectivity index (χ3n) is 8.11. The van der Waals surface area contributed by atoms with E-state index in [4.69, 9.17) is 24.8 Å². The smallest absolute Gasteiger partial charge is 0.472 e. The molecule has 0 spiro atoms. The zero-order valence-corrected chi connectivity index (χ0v) is 36.3. The minimum absolute atomic E-state index is 0.0882. The highest BCUT2D eigenvalue weighted by Crippen LogP contribution is 2.43. The molecule has 0 aromatic carbocycles. The number of rotatable bonds is 37. The molecule has 5 N–H and O–H groups in total. The molecule has 13 heteroatoms. The first kappa shape index (κ1) is 55.1. The van der Waals surface area contributed by atoms with Crippen LogP contribution in [0.2, 0.25) is 0 Å². The van der Waals surface area contributed by atoms with Crippen LogP contribution in [0.1, 0.15) is 123 Å². The van der Waals surface area contributed by atoms with Crippen molar-refractivity contribution in [3.63, 3.8) is 0 Å². The summed E-state index contributed by atoms with van der Waals surface area (Å²) in [6.07, 6.45) is 47.7. The van der Waals surface area contributed by atoms with E-state index in [1.807, 2.05) is 24.3 Å². The van der Waals surface area contributed by atoms with Crippen LogP contribution >= 0.6 is 7.82 Å². The van der Waals surface area contributed by atoms with Gasteiger partial charge in [-0.05, 0) is 83.5 Å². The molecule has 0 aliphatic carbocycles. The molecule has 0 saturated carbocycles. The van der Waals surface area contributed by atoms with E-state index >= 15 is 0 Å². The third-order valence-corrected chi connectivity index (χ3v) is 9.06. The molecule has 0 radical (unpaired) electrons. The SMILES string of the molecule is CC/C=C\C/C=C\C/C=C\C/C=C\C=C\C(O)CCCC(=O)O[C@H](COC(=O)CCC/C=C\C/C=C\C/C=C\C/C=C\CCCCC)COP(=O)(O)OC[C@H](N)C(=O)O. The Morgan fingerprint density at radius 3 is 1.69 bits per heavy atom. The number of phosphoric acid groups is 1. The zero-order valence-electron chi connectivity index (χ0n) is 35.4. The van der Waals surface area contributed by atoms with Crippen LogP contribution < -0.4 is 5.73 Å². The summed E-state index contributed by atoms with van der Waals surface area (Å²) in [5, 5.41) is 19.2. The van der Waals surface area contributed by atoms with Gasteiger partial charge < -0.3 is 30.3 Å². The fourth-order valence-electron chi connectivity index (χ4n) is 4.79. The lowest BCUT2D eigenvalue weighted by Crippen LogP contribution is -2.34. The molecule has 59 heavy (non-hydrogen) atoms. The minimum atomic E-state index is -4.79. The van der Waals surface area contributed by atoms with Crippen molar-refractivity contribution in [2.24, 2.45) is 5.73 Å². The van der Waals surface area contributed by atoms with Crippen LogP contribution in [0.4, 0.5) is 0 Å². The van der Waals surface area contributed by atoms with E-state index in [0.29, 0.717) is 12.8 Å². The quantitative estimate of drug-likeness (QED) is 0.0152. The number of ether oxygens (including phenoxy) is 2. The van der Waals surface area contributed by atoms with Gasteiger partial charge in [0, 0.05) is 12.8 Å². The lowest BCUT2D eigenvalue weighted by molar-refractivity contribution is -0.161. The van der Waals surface area contributed by atoms with Gasteiger partial charge in [-0.3, -0.25) is 23.4 Å². The molecule has 0 heterocycles. The van der Waals surface area contributed by atoms with Gasteiger partial charge in [0.1, 0.15) is 12.6 Å². The number of unbranched alkanes of at least 4 members (excludes halogenated alkanes) is 4. The number of hydrogen-bond acceptors (Lipinski definition) is 10. The Bertz CT molecular complexity index is 1430. The summed E-state index contributed by atoms with van der Waals surface area (Å²) >= 11 is 0. The average molecular weight is 846 g/mol. The number of allylic oxidation sites excluding steroid dienone is 17. The lowest BCUT2D eigenvalue weighted by Gasteiger charge is -2.20. The van der Waals surface area contributed by atoms with Crippen molar-refractivity contribution >= 4 is 25.7 Å². The van der Waals surface area contributed by atoms with Gasteiger partial charge in [0.05, 0.1) is 19.3 Å². The Balaban J connectivity index is 4.71. The molecule has 4 atom stereocenters. The maximum atomic E-state index is 12.6. The largest absolute Gasteiger partial charge is 0.480 e. The highest BCUT2D eigenvalue weighted by atomic mass is 31.2. The Labute approximate surface area is 353 Å². The molecule has 0 amide bonds. The van der Waals surface area contributed by atoms with Gasteiger partial charge in [-0.2, -0.15) is 0 Å². The summed E-state index contributed by atoms with van der Waals surface area (Å²) in [6, 6.07) is -1.57. The Kier molecular flexibility index (Phi) is 36.9. The van der Waals surface area contributed by atoms with Crippen LogP contribution in [0.3, 0.4) is 0 Å². The number of aliphatic carboxylic acids is 1. The van der Waals surface area contributed by atoms with Crippen molar-refractivity contribution in [3.8, 4) is 0 Å². The molecule has 12 nitrogen and oxygen atoms in total. The standard InChI is InChI=1S/C46H72NO11P/c1-3-5-7-9-11-13-15-17-18-19-20-22-24-26-28-30-32-36-44(49)55-38-42(39-56-59(53,54)57-40-43(47)46(51)52)58-45(50)37-33-35-41(48)34-31-29-27-25-23-21-16-14-12-10-8-6-4-2/h6,8,11-14,17-18,20-23,26-29,31,34,41-43,48H,3-5,7,9-10,15-16,19,24-25,30,32-33,35-40,47H2,1-2H3,(H,51,52)(H,53,54)/b8-6-,13-11-,14-12-,18-17-,22-20-,23-21-,28-26-,29-27-,34-31+/t41?,42-,43+/m1/s1. The number of aliphatic hydroxyl groups excluding tert-OH is 1. The summed E-state index contributed by atoms with van der Waals surface area (Å²) < 4.78 is 32.4. The number of aliphatic hydroxyl groups is 1. The van der Waals surface area contributed by atoms with E-state index in [1.165, 1.54) is 19.3 Å². The molecule has 0 saturated heterocycles. The maximum Gasteiger partial charge on any atom is 0.472 e. The van der Waals surface area contributed by atoms with Gasteiger partial charge in [0.15, 0.2) is 6.10 Å². The van der Waals surface area contributed by atoms with Gasteiger partial charge in [-0.25, -0.2) is 4.57 Å². The fourth-order valence-corrected chi connectivity index (χ4v) is 5.57. The molecule has 0 aliphatic heterocycles. The zero-order chi connectivity index (χ0) is 43.7. The Morgan fingerprint density at radius 2 is 1.14 bits per heavy atom. The Hall–Kier alpha value is -3.90. The second-order valence-electron chi connectivity index (χ2n) is 13.6. The number of carbonyl (C=O) groups is 3. The van der Waals surface area contributed by atoms with Crippen LogP contribution in [-0.4, -0.2) is 71.1 Å². The number of carboxylic acid groups (broad SMARTS) is 1. The molecule has 0 fully saturated rings. The minimum Gasteiger partial charge on any atom is -0.480 e. The van der Waals surface area contributed by atoms with Crippen LogP contribution in [0.25, 0.3) is 0 Å². The average Bonchev–Trinajstić information content (AvgIpc) is 3.20. The van der Waals surface area contributed by atoms with Crippen LogP contribution in [0.15, 0.2) is 109 Å². The lowest BCUT2D eigenvalue weighted by atomic mass is 10.1. The number of phosphoric ester groups is 1. The summed E-state index contributed by atoms with van der Waals surface area (Å²) in [4.78, 5) is 45.9. The van der Waals surface area contributed by atoms with Gasteiger partial charge >= 0.3 is 25.7 Å². The van der Waals surface area contributed by atoms with E-state index in [9.17, 15) is 28.9 Å². The monoisotopic (exact) mass is 845 g/mol. The molecule has 332 valence electrons. The molecule has 0 rings (SSSR count). The van der Waals surface area contributed by atoms with E-state index in [1.54, 1.807) is 12.2 Å². The van der Waals surface area contributed by atoms with Crippen molar-refractivity contribution in [2.45, 2.75) is 141 Å². The summed E-state index contributed by atoms with van der Waals surface area (Å²) in [6.45, 7) is 2.37. The van der Waals surface area contributed by atoms with Crippen molar-refractivity contribution in [3.05, 3.63) is 109 Å². The number of carbonyl (C=O) groups excluding carboxylic acids is 2. The van der Waals surface area contributed by atoms with Gasteiger partial charge in [0.25, 0.3) is 0 Å². The van der Waals surface area contributed by atoms with Crippen LogP contribution in [-0.2, 0) is 37.5 Å². The van der Waals surface area contributed by atoms with Gasteiger partial charge in [-0.15, -0.1) is 0 Å². The fraction of sp³-hybridized carbons (Fsp3) is 0.543. The number of hydrogen-bond donors (Lipinski definition) is 4. The van der Waals surface area contributed by atoms with Crippen molar-refractivity contribution in [1.29, 1.82) is 0 Å². The number of esters is 2. The number of carboxylic acids is 1. The van der Waals surface area contributed by atoms with E-state index in [0.717, 1.165) is 51.4 Å². The predicted octanol–water partition coefficient (Wildman–Crippen LogP) is 10.0. The van der Waals surface area contributed by atoms with Gasteiger partial charge in [-0.1, -0.05) is 136 Å². The highest BCUT2D eigenvalue weighted by molar-refractivity contribution is 7.47. The molecule has 0 aromatic rings. The van der Waals surface area contributed by atoms with Crippen LogP contribution in [0.5, 0.6) is 0 Å². The molecule has 0 aliphatic rings. The first-order valence-electron chi connectivity index (χ1n) is 21.0. The third kappa shape index (κ3) is 39.3. The summed E-state index contributed by atoms with van der Waals surface area (Å²) in [5.74, 6) is -2.70. The maximum absolute atomic E-state index is 12.6. The van der Waals surface area contributed by atoms with Gasteiger partial charge in [0.2, 0.25) is 0 Å². The molecule has 0 aromatic heterocycles. The second kappa shape index (κ2) is 39.6. The molecular weight excluding hydrogens is 773 g/mol. The van der Waals surface area contributed by atoms with Crippen molar-refractivity contribution < 1.29 is 52.6 Å². The highest BCUT2D eigenvalue weighted by Gasteiger charge is 2.28. The first-order valence-corrected chi connectivity index (χ1v) is 22.5. The molecular formula is C46H72NO11P. The van der Waals surface area contributed by atoms with Crippen molar-refractivity contribution in [2.75, 3.05) is 19.8 Å². The van der Waals surface area contributed by atoms with E-state index in [2.05, 4.69) is 91.3 Å². The molecule has 0 bridgehead atoms. The summed E-state index contributed by atoms with van der Waals surface area (Å²) in [7, 11) is -4.79. The molecule has 2 unspecified atom stereocenters. The topological polar surface area (TPSA) is 192 Å². The summed E-state index contributed by atoms with van der Waals surface area (Å²) in [5.41, 5.74) is 5.31. The first-order chi connectivity index (χ1) is 28.5. The van der Waals surface area contributed by atoms with E-state index < -0.39 is 63.8 Å². The van der Waals surface area contributed by atoms with Crippen LogP contribution in [0, 0.1) is 0 Å². The Morgan fingerprint density at radius 1 is 0.627 bits per heavy atom.